The summed E-state index contributed by atoms with van der Waals surface area (Å²) in [4.78, 5) is 0. The fraction of sp³-hybridized carbons (Fsp3) is 0.700. The van der Waals surface area contributed by atoms with Crippen LogP contribution in [0.2, 0.25) is 0 Å². The van der Waals surface area contributed by atoms with Gasteiger partial charge in [0.1, 0.15) is 5.75 Å². The smallest absolute Gasteiger partial charge is 0.119 e. The molecule has 0 aromatic heterocycles. The summed E-state index contributed by atoms with van der Waals surface area (Å²) < 4.78 is 9.42. The summed E-state index contributed by atoms with van der Waals surface area (Å²) in [6, 6.07) is 9.18. The highest BCUT2D eigenvalue weighted by atomic mass is 32.2. The zero-order valence-electron chi connectivity index (χ0n) is 15.1. The van der Waals surface area contributed by atoms with Crippen molar-refractivity contribution in [1.82, 2.24) is 4.72 Å². The average Bonchev–Trinajstić information content (AvgIpc) is 3.42. The molecular weight excluding hydrogens is 316 g/mol. The number of benzene rings is 1. The van der Waals surface area contributed by atoms with Gasteiger partial charge in [-0.15, -0.1) is 0 Å². The largest absolute Gasteiger partial charge is 0.493 e. The first kappa shape index (κ1) is 17.9. The Morgan fingerprint density at radius 3 is 2.29 bits per heavy atom. The maximum Gasteiger partial charge on any atom is 0.119 e. The summed E-state index contributed by atoms with van der Waals surface area (Å²) in [7, 11) is 0. The van der Waals surface area contributed by atoms with E-state index in [-0.39, 0.29) is 0 Å². The third-order valence-electron chi connectivity index (χ3n) is 4.95. The van der Waals surface area contributed by atoms with Gasteiger partial charge in [-0.25, -0.2) is 0 Å². The molecule has 4 heteroatoms. The van der Waals surface area contributed by atoms with Crippen molar-refractivity contribution in [3.8, 4) is 5.75 Å². The van der Waals surface area contributed by atoms with Crippen molar-refractivity contribution in [3.63, 3.8) is 0 Å². The molecule has 3 rings (SSSR count). The minimum atomic E-state index is 0.667. The minimum Gasteiger partial charge on any atom is -0.493 e. The molecule has 0 heterocycles. The van der Waals surface area contributed by atoms with Gasteiger partial charge in [0.25, 0.3) is 0 Å². The van der Waals surface area contributed by atoms with Gasteiger partial charge in [-0.1, -0.05) is 25.8 Å². The lowest BCUT2D eigenvalue weighted by Gasteiger charge is -2.29. The first-order valence-electron chi connectivity index (χ1n) is 9.57. The average molecular weight is 349 g/mol. The molecule has 2 saturated carbocycles. The summed E-state index contributed by atoms with van der Waals surface area (Å²) in [5.41, 5.74) is 1.21. The van der Waals surface area contributed by atoms with Crippen LogP contribution >= 0.6 is 11.9 Å². The van der Waals surface area contributed by atoms with Crippen molar-refractivity contribution < 1.29 is 4.74 Å². The fourth-order valence-corrected chi connectivity index (χ4v) is 3.85. The van der Waals surface area contributed by atoms with E-state index in [1.807, 2.05) is 11.9 Å². The highest BCUT2D eigenvalue weighted by molar-refractivity contribution is 7.98. The van der Waals surface area contributed by atoms with Crippen LogP contribution in [0.5, 0.6) is 5.75 Å². The number of hydrogen-bond acceptors (Lipinski definition) is 4. The Hall–Kier alpha value is -0.870. The Morgan fingerprint density at radius 2 is 1.67 bits per heavy atom. The van der Waals surface area contributed by atoms with Crippen LogP contribution in [-0.2, 0) is 0 Å². The van der Waals surface area contributed by atoms with Gasteiger partial charge in [0.2, 0.25) is 0 Å². The van der Waals surface area contributed by atoms with E-state index in [9.17, 15) is 0 Å². The fourth-order valence-electron chi connectivity index (χ4n) is 3.15. The molecule has 0 bridgehead atoms. The first-order chi connectivity index (χ1) is 11.7. The molecule has 2 N–H and O–H groups in total. The van der Waals surface area contributed by atoms with Gasteiger partial charge in [0.15, 0.2) is 0 Å². The SMILES string of the molecule is CC(C)SN[C@H]1CC[C@H](CNc2ccc(OCC3CC3)cc2)CC1. The lowest BCUT2D eigenvalue weighted by Crippen LogP contribution is -2.31. The number of ether oxygens (including phenoxy) is 1. The minimum absolute atomic E-state index is 0.667. The van der Waals surface area contributed by atoms with E-state index in [0.29, 0.717) is 11.3 Å². The third kappa shape index (κ3) is 6.21. The van der Waals surface area contributed by atoms with Gasteiger partial charge < -0.3 is 10.1 Å². The zero-order valence-corrected chi connectivity index (χ0v) is 15.9. The Labute approximate surface area is 151 Å². The van der Waals surface area contributed by atoms with Gasteiger partial charge in [-0.3, -0.25) is 4.72 Å². The van der Waals surface area contributed by atoms with Crippen LogP contribution in [0.4, 0.5) is 5.69 Å². The topological polar surface area (TPSA) is 33.3 Å². The molecule has 3 nitrogen and oxygen atoms in total. The Morgan fingerprint density at radius 1 is 1.00 bits per heavy atom. The van der Waals surface area contributed by atoms with Gasteiger partial charge in [0, 0.05) is 23.5 Å². The molecule has 2 aliphatic carbocycles. The molecule has 0 atom stereocenters. The Kier molecular flexibility index (Phi) is 6.73. The lowest BCUT2D eigenvalue weighted by atomic mass is 9.86. The molecule has 0 aliphatic heterocycles. The molecule has 1 aromatic rings. The van der Waals surface area contributed by atoms with Crippen LogP contribution < -0.4 is 14.8 Å². The second-order valence-electron chi connectivity index (χ2n) is 7.66. The molecule has 2 fully saturated rings. The van der Waals surface area contributed by atoms with Crippen LogP contribution in [-0.4, -0.2) is 24.4 Å². The molecular formula is C20H32N2OS. The number of rotatable bonds is 9. The molecule has 0 amide bonds. The predicted molar refractivity (Wildman–Crippen MR) is 105 cm³/mol. The van der Waals surface area contributed by atoms with Crippen molar-refractivity contribution in [1.29, 1.82) is 0 Å². The highest BCUT2D eigenvalue weighted by Crippen LogP contribution is 2.30. The van der Waals surface area contributed by atoms with Crippen LogP contribution in [0.25, 0.3) is 0 Å². The van der Waals surface area contributed by atoms with Gasteiger partial charge >= 0.3 is 0 Å². The van der Waals surface area contributed by atoms with Crippen LogP contribution in [0.3, 0.4) is 0 Å². The molecule has 2 aliphatic rings. The van der Waals surface area contributed by atoms with E-state index in [4.69, 9.17) is 4.74 Å². The van der Waals surface area contributed by atoms with E-state index >= 15 is 0 Å². The van der Waals surface area contributed by atoms with E-state index in [2.05, 4.69) is 48.2 Å². The van der Waals surface area contributed by atoms with Crippen molar-refractivity contribution in [3.05, 3.63) is 24.3 Å². The number of anilines is 1. The van der Waals surface area contributed by atoms with Gasteiger partial charge in [-0.2, -0.15) is 0 Å². The standard InChI is InChI=1S/C20H32N2OS/c1-15(2)24-22-19-7-5-16(6-8-19)13-21-18-9-11-20(12-10-18)23-14-17-3-4-17/h9-12,15-17,19,21-22H,3-8,13-14H2,1-2H3/t16-,19-. The van der Waals surface area contributed by atoms with Crippen molar-refractivity contribution >= 4 is 17.6 Å². The van der Waals surface area contributed by atoms with E-state index in [1.54, 1.807) is 0 Å². The molecule has 0 unspecified atom stereocenters. The Balaban J connectivity index is 1.32. The van der Waals surface area contributed by atoms with E-state index in [0.717, 1.165) is 30.7 Å². The molecule has 0 spiro atoms. The monoisotopic (exact) mass is 348 g/mol. The summed E-state index contributed by atoms with van der Waals surface area (Å²) in [6.45, 7) is 6.47. The zero-order chi connectivity index (χ0) is 16.8. The van der Waals surface area contributed by atoms with Crippen molar-refractivity contribution in [2.45, 2.75) is 63.7 Å². The number of hydrogen-bond donors (Lipinski definition) is 2. The van der Waals surface area contributed by atoms with Crippen molar-refractivity contribution in [2.75, 3.05) is 18.5 Å². The normalized spacial score (nSPS) is 24.1. The third-order valence-corrected chi connectivity index (χ3v) is 5.89. The van der Waals surface area contributed by atoms with Gasteiger partial charge in [-0.05, 0) is 74.6 Å². The van der Waals surface area contributed by atoms with Crippen LogP contribution in [0.1, 0.15) is 52.4 Å². The molecule has 0 radical (unpaired) electrons. The quantitative estimate of drug-likeness (QED) is 0.609. The molecule has 1 aromatic carbocycles. The summed E-state index contributed by atoms with van der Waals surface area (Å²) >= 11 is 1.88. The lowest BCUT2D eigenvalue weighted by molar-refractivity contribution is 0.300. The first-order valence-corrected chi connectivity index (χ1v) is 10.4. The summed E-state index contributed by atoms with van der Waals surface area (Å²) in [6.07, 6.45) is 7.94. The highest BCUT2D eigenvalue weighted by Gasteiger charge is 2.22. The van der Waals surface area contributed by atoms with E-state index in [1.165, 1.54) is 44.2 Å². The van der Waals surface area contributed by atoms with Crippen molar-refractivity contribution in [2.24, 2.45) is 11.8 Å². The maximum atomic E-state index is 5.79. The number of nitrogens with one attached hydrogen (secondary N) is 2. The van der Waals surface area contributed by atoms with E-state index < -0.39 is 0 Å². The second kappa shape index (κ2) is 9.00. The summed E-state index contributed by atoms with van der Waals surface area (Å²) in [5.74, 6) is 2.62. The predicted octanol–water partition coefficient (Wildman–Crippen LogP) is 5.09. The van der Waals surface area contributed by atoms with Crippen LogP contribution in [0, 0.1) is 11.8 Å². The molecule has 134 valence electrons. The maximum absolute atomic E-state index is 5.79. The van der Waals surface area contributed by atoms with Crippen LogP contribution in [0.15, 0.2) is 24.3 Å². The molecule has 0 saturated heterocycles. The summed E-state index contributed by atoms with van der Waals surface area (Å²) in [5, 5.41) is 4.27. The second-order valence-corrected chi connectivity index (χ2v) is 9.08. The van der Waals surface area contributed by atoms with Gasteiger partial charge in [0.05, 0.1) is 6.61 Å². The Bertz CT molecular complexity index is 479. The molecule has 24 heavy (non-hydrogen) atoms.